The van der Waals surface area contributed by atoms with Crippen LogP contribution in [0, 0.1) is 13.8 Å². The third kappa shape index (κ3) is 3.87. The molecule has 0 bridgehead atoms. The Kier molecular flexibility index (Phi) is 5.67. The highest BCUT2D eigenvalue weighted by molar-refractivity contribution is 8.00. The third-order valence-corrected chi connectivity index (χ3v) is 6.41. The van der Waals surface area contributed by atoms with Gasteiger partial charge in [0.2, 0.25) is 11.1 Å². The maximum Gasteiger partial charge on any atom is 0.240 e. The monoisotopic (exact) mass is 423 g/mol. The molecule has 0 unspecified atom stereocenters. The molecule has 2 atom stereocenters. The smallest absolute Gasteiger partial charge is 0.240 e. The van der Waals surface area contributed by atoms with Crippen LogP contribution in [0.3, 0.4) is 0 Å². The Morgan fingerprint density at radius 1 is 1.20 bits per heavy atom. The summed E-state index contributed by atoms with van der Waals surface area (Å²) >= 11 is 1.43. The molecule has 156 valence electrons. The lowest BCUT2D eigenvalue weighted by Crippen LogP contribution is -2.41. The average molecular weight is 424 g/mol. The second-order valence-corrected chi connectivity index (χ2v) is 8.42. The van der Waals surface area contributed by atoms with Crippen LogP contribution in [0.25, 0.3) is 0 Å². The molecule has 3 aromatic rings. The van der Waals surface area contributed by atoms with Gasteiger partial charge in [-0.25, -0.2) is 4.68 Å². The summed E-state index contributed by atoms with van der Waals surface area (Å²) in [6.07, 6.45) is 0.745. The van der Waals surface area contributed by atoms with E-state index >= 15 is 0 Å². The van der Waals surface area contributed by atoms with Crippen LogP contribution < -0.4 is 15.5 Å². The van der Waals surface area contributed by atoms with Gasteiger partial charge in [-0.3, -0.25) is 4.79 Å². The molecule has 30 heavy (non-hydrogen) atoms. The molecule has 4 rings (SSSR count). The van der Waals surface area contributed by atoms with E-state index in [9.17, 15) is 4.79 Å². The lowest BCUT2D eigenvalue weighted by Gasteiger charge is -2.33. The predicted molar refractivity (Wildman–Crippen MR) is 119 cm³/mol. The molecule has 0 spiro atoms. The first-order chi connectivity index (χ1) is 14.5. The summed E-state index contributed by atoms with van der Waals surface area (Å²) in [4.78, 5) is 13.3. The van der Waals surface area contributed by atoms with Crippen molar-refractivity contribution in [3.05, 3.63) is 65.0 Å². The molecule has 2 aromatic carbocycles. The third-order valence-electron chi connectivity index (χ3n) is 5.19. The number of amides is 1. The lowest BCUT2D eigenvalue weighted by atomic mass is 10.0. The Balaban J connectivity index is 1.67. The van der Waals surface area contributed by atoms with Crippen LogP contribution in [0.1, 0.15) is 35.5 Å². The Bertz CT molecular complexity index is 1060. The molecule has 0 aliphatic carbocycles. The summed E-state index contributed by atoms with van der Waals surface area (Å²) < 4.78 is 7.17. The predicted octanol–water partition coefficient (Wildman–Crippen LogP) is 3.86. The Morgan fingerprint density at radius 3 is 2.63 bits per heavy atom. The Morgan fingerprint density at radius 2 is 1.97 bits per heavy atom. The highest BCUT2D eigenvalue weighted by atomic mass is 32.2. The standard InChI is InChI=1S/C22H25N5O2S/c1-5-18-24-25-22-27(18)26-19(15-7-9-16(29-4)10-8-15)20(30-22)21(28)23-17-11-6-13(2)12-14(17)3/h6-12,19-20,26H,5H2,1-4H3,(H,23,28)/t19-,20+/m1/s1. The van der Waals surface area contributed by atoms with Gasteiger partial charge in [0, 0.05) is 12.1 Å². The largest absolute Gasteiger partial charge is 0.497 e. The second kappa shape index (κ2) is 8.39. The number of hydrogen-bond acceptors (Lipinski definition) is 6. The molecule has 1 aliphatic heterocycles. The summed E-state index contributed by atoms with van der Waals surface area (Å²) in [5.74, 6) is 1.54. The van der Waals surface area contributed by atoms with Crippen molar-refractivity contribution in [1.29, 1.82) is 0 Å². The summed E-state index contributed by atoms with van der Waals surface area (Å²) in [6, 6.07) is 13.5. The topological polar surface area (TPSA) is 81.1 Å². The van der Waals surface area contributed by atoms with Gasteiger partial charge in [-0.15, -0.1) is 10.2 Å². The number of anilines is 1. The van der Waals surface area contributed by atoms with E-state index in [0.717, 1.165) is 40.4 Å². The van der Waals surface area contributed by atoms with Crippen molar-refractivity contribution in [3.63, 3.8) is 0 Å². The van der Waals surface area contributed by atoms with Gasteiger partial charge in [-0.1, -0.05) is 48.5 Å². The van der Waals surface area contributed by atoms with E-state index in [2.05, 4.69) is 27.0 Å². The second-order valence-electron chi connectivity index (χ2n) is 7.31. The van der Waals surface area contributed by atoms with Crippen molar-refractivity contribution in [2.45, 2.75) is 43.6 Å². The molecular formula is C22H25N5O2S. The van der Waals surface area contributed by atoms with Crippen molar-refractivity contribution in [2.75, 3.05) is 17.9 Å². The number of thioether (sulfide) groups is 1. The molecular weight excluding hydrogens is 398 g/mol. The molecule has 0 saturated carbocycles. The quantitative estimate of drug-likeness (QED) is 0.649. The minimum atomic E-state index is -0.416. The van der Waals surface area contributed by atoms with Crippen LogP contribution in [-0.2, 0) is 11.2 Å². The maximum atomic E-state index is 13.3. The summed E-state index contributed by atoms with van der Waals surface area (Å²) in [6.45, 7) is 6.07. The van der Waals surface area contributed by atoms with Crippen LogP contribution in [0.2, 0.25) is 0 Å². The van der Waals surface area contributed by atoms with Crippen molar-refractivity contribution < 1.29 is 9.53 Å². The molecule has 2 heterocycles. The van der Waals surface area contributed by atoms with E-state index in [0.29, 0.717) is 5.16 Å². The van der Waals surface area contributed by atoms with Crippen LogP contribution in [0.15, 0.2) is 47.6 Å². The van der Waals surface area contributed by atoms with Crippen molar-refractivity contribution in [2.24, 2.45) is 0 Å². The number of hydrogen-bond donors (Lipinski definition) is 2. The minimum absolute atomic E-state index is 0.0763. The molecule has 0 fully saturated rings. The normalized spacial score (nSPS) is 17.7. The number of carbonyl (C=O) groups is 1. The summed E-state index contributed by atoms with van der Waals surface area (Å²) in [7, 11) is 1.64. The van der Waals surface area contributed by atoms with Gasteiger partial charge >= 0.3 is 0 Å². The van der Waals surface area contributed by atoms with Crippen LogP contribution >= 0.6 is 11.8 Å². The van der Waals surface area contributed by atoms with E-state index in [1.165, 1.54) is 11.8 Å². The number of ether oxygens (including phenoxy) is 1. The van der Waals surface area contributed by atoms with Gasteiger partial charge in [0.25, 0.3) is 0 Å². The number of aryl methyl sites for hydroxylation is 3. The average Bonchev–Trinajstić information content (AvgIpc) is 3.17. The fourth-order valence-corrected chi connectivity index (χ4v) is 4.65. The fraction of sp³-hybridized carbons (Fsp3) is 0.318. The van der Waals surface area contributed by atoms with Gasteiger partial charge in [0.15, 0.2) is 5.82 Å². The lowest BCUT2D eigenvalue weighted by molar-refractivity contribution is -0.116. The summed E-state index contributed by atoms with van der Waals surface area (Å²) in [5.41, 5.74) is 7.47. The van der Waals surface area contributed by atoms with Gasteiger partial charge in [0.05, 0.1) is 13.2 Å². The zero-order chi connectivity index (χ0) is 21.3. The van der Waals surface area contributed by atoms with Crippen LogP contribution in [0.5, 0.6) is 5.75 Å². The van der Waals surface area contributed by atoms with Crippen molar-refractivity contribution in [1.82, 2.24) is 14.9 Å². The molecule has 0 radical (unpaired) electrons. The van der Waals surface area contributed by atoms with Gasteiger partial charge in [0.1, 0.15) is 11.0 Å². The SMILES string of the molecule is CCc1nnc2n1N[C@H](c1ccc(OC)cc1)[C@@H](C(=O)Nc1ccc(C)cc1C)S2. The van der Waals surface area contributed by atoms with E-state index in [1.54, 1.807) is 7.11 Å². The number of nitrogens with zero attached hydrogens (tertiary/aromatic N) is 3. The molecule has 1 amide bonds. The van der Waals surface area contributed by atoms with E-state index in [1.807, 2.05) is 61.8 Å². The van der Waals surface area contributed by atoms with Crippen LogP contribution in [0.4, 0.5) is 5.69 Å². The number of nitrogens with one attached hydrogen (secondary N) is 2. The first kappa shape index (κ1) is 20.3. The fourth-order valence-electron chi connectivity index (χ4n) is 3.55. The number of aromatic nitrogens is 3. The highest BCUT2D eigenvalue weighted by Gasteiger charge is 2.37. The molecule has 7 nitrogen and oxygen atoms in total. The van der Waals surface area contributed by atoms with Gasteiger partial charge < -0.3 is 15.5 Å². The number of benzene rings is 2. The minimum Gasteiger partial charge on any atom is -0.497 e. The van der Waals surface area contributed by atoms with Crippen molar-refractivity contribution >= 4 is 23.4 Å². The number of carbonyl (C=O) groups excluding carboxylic acids is 1. The zero-order valence-electron chi connectivity index (χ0n) is 17.5. The van der Waals surface area contributed by atoms with Gasteiger partial charge in [-0.05, 0) is 43.2 Å². The first-order valence-corrected chi connectivity index (χ1v) is 10.8. The van der Waals surface area contributed by atoms with Gasteiger partial charge in [-0.2, -0.15) is 0 Å². The number of fused-ring (bicyclic) bond motifs is 1. The molecule has 1 aliphatic rings. The van der Waals surface area contributed by atoms with Crippen molar-refractivity contribution in [3.8, 4) is 5.75 Å². The molecule has 1 aromatic heterocycles. The maximum absolute atomic E-state index is 13.3. The highest BCUT2D eigenvalue weighted by Crippen LogP contribution is 2.38. The Labute approximate surface area is 180 Å². The van der Waals surface area contributed by atoms with Crippen LogP contribution in [-0.4, -0.2) is 33.1 Å². The summed E-state index contributed by atoms with van der Waals surface area (Å²) in [5, 5.41) is 11.9. The zero-order valence-corrected chi connectivity index (χ0v) is 18.3. The molecule has 8 heteroatoms. The number of methoxy groups -OCH3 is 1. The number of rotatable bonds is 5. The molecule has 0 saturated heterocycles. The molecule has 2 N–H and O–H groups in total. The van der Waals surface area contributed by atoms with E-state index in [-0.39, 0.29) is 11.9 Å². The van der Waals surface area contributed by atoms with E-state index in [4.69, 9.17) is 4.74 Å². The first-order valence-electron chi connectivity index (χ1n) is 9.89. The van der Waals surface area contributed by atoms with E-state index < -0.39 is 5.25 Å². The Hall–Kier alpha value is -3.00.